The first-order valence-electron chi connectivity index (χ1n) is 14.5. The number of rotatable bonds is 7. The summed E-state index contributed by atoms with van der Waals surface area (Å²) in [5, 5.41) is 11.5. The molecule has 0 radical (unpaired) electrons. The molecule has 1 spiro atoms. The van der Waals surface area contributed by atoms with Crippen molar-refractivity contribution in [2.45, 2.75) is 76.1 Å². The zero-order valence-electron chi connectivity index (χ0n) is 23.7. The van der Waals surface area contributed by atoms with Gasteiger partial charge in [0.1, 0.15) is 6.23 Å². The van der Waals surface area contributed by atoms with Crippen LogP contribution in [0.1, 0.15) is 64.4 Å². The predicted molar refractivity (Wildman–Crippen MR) is 153 cm³/mol. The van der Waals surface area contributed by atoms with E-state index < -0.39 is 17.2 Å². The lowest BCUT2D eigenvalue weighted by Crippen LogP contribution is -2.59. The van der Waals surface area contributed by atoms with Crippen molar-refractivity contribution in [3.63, 3.8) is 0 Å². The van der Waals surface area contributed by atoms with Crippen molar-refractivity contribution in [3.8, 4) is 0 Å². The molecule has 8 heteroatoms. The molecule has 1 aromatic rings. The molecular formula is C30H46N4O3S. The van der Waals surface area contributed by atoms with Crippen LogP contribution in [-0.2, 0) is 10.3 Å². The monoisotopic (exact) mass is 542 g/mol. The van der Waals surface area contributed by atoms with Crippen LogP contribution in [-0.4, -0.2) is 100 Å². The lowest BCUT2D eigenvalue weighted by atomic mass is 9.67. The van der Waals surface area contributed by atoms with Crippen molar-refractivity contribution in [3.05, 3.63) is 35.9 Å². The second-order valence-electron chi connectivity index (χ2n) is 12.9. The van der Waals surface area contributed by atoms with Crippen molar-refractivity contribution in [1.82, 2.24) is 19.6 Å². The van der Waals surface area contributed by atoms with Crippen molar-refractivity contribution in [1.29, 1.82) is 0 Å². The number of thioether (sulfide) groups is 1. The molecule has 2 saturated heterocycles. The molecular weight excluding hydrogens is 496 g/mol. The number of carbonyl (C=O) groups is 2. The molecule has 7 nitrogen and oxygen atoms in total. The first-order chi connectivity index (χ1) is 18.1. The summed E-state index contributed by atoms with van der Waals surface area (Å²) in [4.78, 5) is 35.6. The normalized spacial score (nSPS) is 29.7. The highest BCUT2D eigenvalue weighted by Crippen LogP contribution is 2.51. The third-order valence-corrected chi connectivity index (χ3v) is 10.9. The zero-order chi connectivity index (χ0) is 27.1. The molecule has 4 fully saturated rings. The largest absolute Gasteiger partial charge is 0.373 e. The summed E-state index contributed by atoms with van der Waals surface area (Å²) in [6.07, 6.45) is 5.84. The van der Waals surface area contributed by atoms with Crippen molar-refractivity contribution >= 4 is 23.7 Å². The molecule has 0 aromatic heterocycles. The molecule has 5 rings (SSSR count). The van der Waals surface area contributed by atoms with Gasteiger partial charge in [0.15, 0.2) is 0 Å². The number of benzene rings is 1. The average Bonchev–Trinajstić information content (AvgIpc) is 3.13. The van der Waals surface area contributed by atoms with Gasteiger partial charge < -0.3 is 14.9 Å². The third-order valence-electron chi connectivity index (χ3n) is 9.95. The van der Waals surface area contributed by atoms with E-state index >= 15 is 0 Å². The molecule has 3 amide bonds. The Labute approximate surface area is 232 Å². The Morgan fingerprint density at radius 1 is 1.11 bits per heavy atom. The highest BCUT2D eigenvalue weighted by atomic mass is 32.2. The van der Waals surface area contributed by atoms with Gasteiger partial charge in [0.05, 0.1) is 11.0 Å². The van der Waals surface area contributed by atoms with Crippen molar-refractivity contribution < 1.29 is 14.7 Å². The SMILES string of the molecule is CN(C)C1(c2ccccc2)CCC2(CC1)CN(CC(C)(C)C(=O)N1CCSCC1)C(=O)N2C(O)C1CCC1. The molecule has 2 aliphatic heterocycles. The molecule has 210 valence electrons. The second-order valence-corrected chi connectivity index (χ2v) is 14.1. The maximum atomic E-state index is 14.1. The Bertz CT molecular complexity index is 998. The molecule has 38 heavy (non-hydrogen) atoms. The lowest BCUT2D eigenvalue weighted by molar-refractivity contribution is -0.140. The number of hydrogen-bond donors (Lipinski definition) is 1. The van der Waals surface area contributed by atoms with Gasteiger partial charge in [-0.05, 0) is 72.0 Å². The second kappa shape index (κ2) is 10.7. The summed E-state index contributed by atoms with van der Waals surface area (Å²) in [6, 6.07) is 10.6. The maximum Gasteiger partial charge on any atom is 0.322 e. The van der Waals surface area contributed by atoms with Gasteiger partial charge in [0.2, 0.25) is 5.91 Å². The molecule has 4 aliphatic rings. The molecule has 1 N–H and O–H groups in total. The third kappa shape index (κ3) is 4.86. The fraction of sp³-hybridized carbons (Fsp3) is 0.733. The number of carbonyl (C=O) groups excluding carboxylic acids is 2. The summed E-state index contributed by atoms with van der Waals surface area (Å²) in [5.74, 6) is 2.25. The standard InChI is InChI=1S/C30H46N4O3S/c1-28(2,26(36)32-17-19-38-20-18-32)21-33-22-29(34(27(33)37)25(35)23-9-8-10-23)13-15-30(16-14-29,31(3)4)24-11-6-5-7-12-24/h5-7,11-12,23,25,35H,8-10,13-22H2,1-4H3. The minimum absolute atomic E-state index is 0.0857. The van der Waals surface area contributed by atoms with Crippen LogP contribution < -0.4 is 0 Å². The first-order valence-corrected chi connectivity index (χ1v) is 15.6. The van der Waals surface area contributed by atoms with Crippen LogP contribution in [0.15, 0.2) is 30.3 Å². The highest BCUT2D eigenvalue weighted by molar-refractivity contribution is 7.99. The van der Waals surface area contributed by atoms with Crippen molar-refractivity contribution in [2.24, 2.45) is 11.3 Å². The van der Waals surface area contributed by atoms with Gasteiger partial charge in [-0.3, -0.25) is 14.6 Å². The number of hydrogen-bond acceptors (Lipinski definition) is 5. The van der Waals surface area contributed by atoms with E-state index in [0.29, 0.717) is 13.1 Å². The number of aliphatic hydroxyl groups is 1. The smallest absolute Gasteiger partial charge is 0.322 e. The number of amides is 3. The predicted octanol–water partition coefficient (Wildman–Crippen LogP) is 4.21. The number of aliphatic hydroxyl groups excluding tert-OH is 1. The quantitative estimate of drug-likeness (QED) is 0.559. The molecule has 2 saturated carbocycles. The van der Waals surface area contributed by atoms with Gasteiger partial charge >= 0.3 is 6.03 Å². The van der Waals surface area contributed by atoms with E-state index in [4.69, 9.17) is 0 Å². The lowest BCUT2D eigenvalue weighted by Gasteiger charge is -2.52. The Morgan fingerprint density at radius 2 is 1.74 bits per heavy atom. The zero-order valence-corrected chi connectivity index (χ0v) is 24.5. The van der Waals surface area contributed by atoms with Gasteiger partial charge in [-0.2, -0.15) is 11.8 Å². The Kier molecular flexibility index (Phi) is 7.79. The van der Waals surface area contributed by atoms with Crippen LogP contribution >= 0.6 is 11.8 Å². The van der Waals surface area contributed by atoms with E-state index in [1.807, 2.05) is 40.3 Å². The van der Waals surface area contributed by atoms with E-state index in [2.05, 4.69) is 49.3 Å². The van der Waals surface area contributed by atoms with E-state index in [0.717, 1.165) is 69.5 Å². The summed E-state index contributed by atoms with van der Waals surface area (Å²) in [5.41, 5.74) is 0.167. The van der Waals surface area contributed by atoms with E-state index in [1.165, 1.54) is 5.56 Å². The summed E-state index contributed by atoms with van der Waals surface area (Å²) in [6.45, 7) is 6.50. The van der Waals surface area contributed by atoms with Crippen LogP contribution in [0.5, 0.6) is 0 Å². The van der Waals surface area contributed by atoms with Gasteiger partial charge in [-0.15, -0.1) is 0 Å². The topological polar surface area (TPSA) is 67.3 Å². The van der Waals surface area contributed by atoms with Crippen LogP contribution in [0.4, 0.5) is 4.79 Å². The number of nitrogens with zero attached hydrogens (tertiary/aromatic N) is 4. The van der Waals surface area contributed by atoms with Gasteiger partial charge in [0.25, 0.3) is 0 Å². The van der Waals surface area contributed by atoms with E-state index in [9.17, 15) is 14.7 Å². The van der Waals surface area contributed by atoms with Crippen LogP contribution in [0.3, 0.4) is 0 Å². The fourth-order valence-corrected chi connectivity index (χ4v) is 8.23. The maximum absolute atomic E-state index is 14.1. The fourth-order valence-electron chi connectivity index (χ4n) is 7.33. The number of urea groups is 1. The summed E-state index contributed by atoms with van der Waals surface area (Å²) in [7, 11) is 4.32. The highest BCUT2D eigenvalue weighted by Gasteiger charge is 2.58. The molecule has 1 atom stereocenters. The Balaban J connectivity index is 1.39. The molecule has 2 aliphatic carbocycles. The minimum Gasteiger partial charge on any atom is -0.373 e. The van der Waals surface area contributed by atoms with E-state index in [1.54, 1.807) is 0 Å². The van der Waals surface area contributed by atoms with Crippen LogP contribution in [0.25, 0.3) is 0 Å². The first kappa shape index (κ1) is 27.8. The van der Waals surface area contributed by atoms with Crippen LogP contribution in [0.2, 0.25) is 0 Å². The van der Waals surface area contributed by atoms with Crippen molar-refractivity contribution in [2.75, 3.05) is 51.8 Å². The average molecular weight is 543 g/mol. The summed E-state index contributed by atoms with van der Waals surface area (Å²) < 4.78 is 0. The van der Waals surface area contributed by atoms with E-state index in [-0.39, 0.29) is 23.4 Å². The minimum atomic E-state index is -0.747. The molecule has 0 bridgehead atoms. The van der Waals surface area contributed by atoms with Gasteiger partial charge in [-0.25, -0.2) is 4.79 Å². The molecule has 1 aromatic carbocycles. The molecule has 2 heterocycles. The Hall–Kier alpha value is -1.77. The van der Waals surface area contributed by atoms with Gasteiger partial charge in [-0.1, -0.05) is 36.8 Å². The molecule has 1 unspecified atom stereocenters. The Morgan fingerprint density at radius 3 is 2.29 bits per heavy atom. The van der Waals surface area contributed by atoms with Crippen LogP contribution in [0, 0.1) is 11.3 Å². The summed E-state index contributed by atoms with van der Waals surface area (Å²) >= 11 is 1.89. The van der Waals surface area contributed by atoms with Gasteiger partial charge in [0, 0.05) is 49.1 Å².